The maximum Gasteiger partial charge on any atom is 0.276 e. The Balaban J connectivity index is 1.95. The van der Waals surface area contributed by atoms with E-state index in [-0.39, 0.29) is 17.5 Å². The number of hydrogen-bond acceptors (Lipinski definition) is 5. The average molecular weight is 324 g/mol. The average Bonchev–Trinajstić information content (AvgIpc) is 3.11. The zero-order chi connectivity index (χ0) is 16.8. The molecule has 0 aliphatic carbocycles. The van der Waals surface area contributed by atoms with Crippen molar-refractivity contribution < 1.29 is 4.74 Å². The van der Waals surface area contributed by atoms with E-state index >= 15 is 0 Å². The van der Waals surface area contributed by atoms with Crippen molar-refractivity contribution in [1.82, 2.24) is 24.4 Å². The number of nitrogens with zero attached hydrogens (tertiary/aromatic N) is 5. The van der Waals surface area contributed by atoms with Crippen LogP contribution in [0.4, 0.5) is 0 Å². The van der Waals surface area contributed by atoms with Gasteiger partial charge in [0.2, 0.25) is 0 Å². The van der Waals surface area contributed by atoms with E-state index in [1.54, 1.807) is 6.20 Å². The van der Waals surface area contributed by atoms with Crippen LogP contribution in [-0.4, -0.2) is 37.6 Å². The molecule has 1 saturated heterocycles. The minimum atomic E-state index is -0.189. The van der Waals surface area contributed by atoms with Crippen LogP contribution < -0.4 is 5.56 Å². The van der Waals surface area contributed by atoms with Gasteiger partial charge < -0.3 is 4.74 Å². The fourth-order valence-corrected chi connectivity index (χ4v) is 2.89. The third kappa shape index (κ3) is 2.06. The van der Waals surface area contributed by atoms with Crippen LogP contribution in [0.1, 0.15) is 36.9 Å². The van der Waals surface area contributed by atoms with Crippen molar-refractivity contribution in [3.63, 3.8) is 0 Å². The molecule has 0 bridgehead atoms. The van der Waals surface area contributed by atoms with E-state index in [9.17, 15) is 10.1 Å². The standard InChI is InChI=1S/C16H16N6O2/c1-9(2)13-14(11-5-18-21(6-11)12-7-24-8-12)20-15-10(3-17)4-19-22(15)16(13)23/h4-6,9,12,19H,7-8H2,1-2H3. The van der Waals surface area contributed by atoms with Crippen LogP contribution in [0.2, 0.25) is 0 Å². The van der Waals surface area contributed by atoms with Crippen molar-refractivity contribution in [3.8, 4) is 17.3 Å². The lowest BCUT2D eigenvalue weighted by Crippen LogP contribution is -2.30. The van der Waals surface area contributed by atoms with E-state index in [2.05, 4.69) is 21.3 Å². The Morgan fingerprint density at radius 3 is 2.88 bits per heavy atom. The predicted molar refractivity (Wildman–Crippen MR) is 85.7 cm³/mol. The highest BCUT2D eigenvalue weighted by Crippen LogP contribution is 2.27. The molecule has 0 unspecified atom stereocenters. The fourth-order valence-electron chi connectivity index (χ4n) is 2.89. The van der Waals surface area contributed by atoms with Gasteiger partial charge in [0.1, 0.15) is 11.6 Å². The van der Waals surface area contributed by atoms with Gasteiger partial charge in [-0.2, -0.15) is 10.4 Å². The van der Waals surface area contributed by atoms with Crippen LogP contribution in [0.5, 0.6) is 0 Å². The number of nitriles is 1. The molecule has 3 aromatic rings. The van der Waals surface area contributed by atoms with Crippen molar-refractivity contribution in [3.05, 3.63) is 40.1 Å². The maximum absolute atomic E-state index is 12.8. The second-order valence-corrected chi connectivity index (χ2v) is 6.19. The second kappa shape index (κ2) is 5.32. The van der Waals surface area contributed by atoms with E-state index in [1.807, 2.05) is 24.7 Å². The van der Waals surface area contributed by atoms with Crippen molar-refractivity contribution in [1.29, 1.82) is 5.26 Å². The molecule has 1 aliphatic rings. The molecule has 0 saturated carbocycles. The summed E-state index contributed by atoms with van der Waals surface area (Å²) in [6.07, 6.45) is 5.09. The van der Waals surface area contributed by atoms with E-state index in [1.165, 1.54) is 10.7 Å². The predicted octanol–water partition coefficient (Wildman–Crippen LogP) is 1.45. The van der Waals surface area contributed by atoms with Gasteiger partial charge in [-0.1, -0.05) is 13.8 Å². The Labute approximate surface area is 137 Å². The van der Waals surface area contributed by atoms with Crippen LogP contribution in [0.15, 0.2) is 23.4 Å². The van der Waals surface area contributed by atoms with Gasteiger partial charge in [-0.05, 0) is 5.92 Å². The van der Waals surface area contributed by atoms with Crippen LogP contribution in [-0.2, 0) is 4.74 Å². The molecule has 0 atom stereocenters. The highest BCUT2D eigenvalue weighted by Gasteiger charge is 2.24. The summed E-state index contributed by atoms with van der Waals surface area (Å²) in [7, 11) is 0. The summed E-state index contributed by atoms with van der Waals surface area (Å²) in [4.78, 5) is 17.4. The molecule has 4 heterocycles. The summed E-state index contributed by atoms with van der Waals surface area (Å²) < 4.78 is 8.36. The number of hydrogen-bond donors (Lipinski definition) is 1. The molecule has 0 amide bonds. The van der Waals surface area contributed by atoms with E-state index in [4.69, 9.17) is 4.74 Å². The third-order valence-corrected chi connectivity index (χ3v) is 4.26. The molecule has 0 aromatic carbocycles. The number of H-pyrrole nitrogens is 1. The van der Waals surface area contributed by atoms with Gasteiger partial charge in [-0.25, -0.2) is 9.50 Å². The highest BCUT2D eigenvalue weighted by atomic mass is 16.5. The summed E-state index contributed by atoms with van der Waals surface area (Å²) in [5.41, 5.74) is 2.44. The molecule has 8 nitrogen and oxygen atoms in total. The lowest BCUT2D eigenvalue weighted by molar-refractivity contribution is -0.0286. The number of fused-ring (bicyclic) bond motifs is 1. The minimum Gasteiger partial charge on any atom is -0.377 e. The third-order valence-electron chi connectivity index (χ3n) is 4.26. The molecule has 1 N–H and O–H groups in total. The van der Waals surface area contributed by atoms with Gasteiger partial charge in [-0.3, -0.25) is 14.6 Å². The Hall–Kier alpha value is -2.92. The van der Waals surface area contributed by atoms with Gasteiger partial charge in [0.15, 0.2) is 5.65 Å². The first kappa shape index (κ1) is 14.7. The number of nitrogens with one attached hydrogen (secondary N) is 1. The zero-order valence-corrected chi connectivity index (χ0v) is 13.4. The molecule has 1 fully saturated rings. The van der Waals surface area contributed by atoms with Gasteiger partial charge in [0.05, 0.1) is 31.1 Å². The summed E-state index contributed by atoms with van der Waals surface area (Å²) in [6, 6.07) is 2.29. The lowest BCUT2D eigenvalue weighted by Gasteiger charge is -2.25. The lowest BCUT2D eigenvalue weighted by atomic mass is 10.00. The second-order valence-electron chi connectivity index (χ2n) is 6.19. The molecule has 0 spiro atoms. The van der Waals surface area contributed by atoms with Gasteiger partial charge in [0, 0.05) is 23.5 Å². The van der Waals surface area contributed by atoms with Crippen molar-refractivity contribution in [2.75, 3.05) is 13.2 Å². The fraction of sp³-hybridized carbons (Fsp3) is 0.375. The van der Waals surface area contributed by atoms with Crippen molar-refractivity contribution in [2.24, 2.45) is 0 Å². The number of aromatic nitrogens is 5. The molecule has 0 radical (unpaired) electrons. The van der Waals surface area contributed by atoms with Gasteiger partial charge >= 0.3 is 0 Å². The number of aromatic amines is 1. The zero-order valence-electron chi connectivity index (χ0n) is 13.4. The summed E-state index contributed by atoms with van der Waals surface area (Å²) in [5.74, 6) is -0.0129. The quantitative estimate of drug-likeness (QED) is 0.786. The van der Waals surface area contributed by atoms with E-state index < -0.39 is 0 Å². The van der Waals surface area contributed by atoms with Crippen LogP contribution in [0, 0.1) is 11.3 Å². The van der Waals surface area contributed by atoms with Crippen molar-refractivity contribution >= 4 is 5.65 Å². The Bertz CT molecular complexity index is 1020. The molecular formula is C16H16N6O2. The number of ether oxygens (including phenoxy) is 1. The number of rotatable bonds is 3. The Morgan fingerprint density at radius 1 is 1.46 bits per heavy atom. The molecule has 8 heteroatoms. The van der Waals surface area contributed by atoms with Gasteiger partial charge in [0.25, 0.3) is 5.56 Å². The van der Waals surface area contributed by atoms with Crippen LogP contribution >= 0.6 is 0 Å². The largest absolute Gasteiger partial charge is 0.377 e. The normalized spacial score (nSPS) is 14.9. The topological polar surface area (TPSA) is 101 Å². The monoisotopic (exact) mass is 324 g/mol. The SMILES string of the molecule is CC(C)c1c(-c2cnn(C3COC3)c2)nc2c(C#N)c[nH]n2c1=O. The smallest absolute Gasteiger partial charge is 0.276 e. The van der Waals surface area contributed by atoms with Crippen LogP contribution in [0.3, 0.4) is 0 Å². The van der Waals surface area contributed by atoms with E-state index in [0.29, 0.717) is 35.7 Å². The maximum atomic E-state index is 12.8. The van der Waals surface area contributed by atoms with Gasteiger partial charge in [-0.15, -0.1) is 0 Å². The molecule has 24 heavy (non-hydrogen) atoms. The molecule has 4 rings (SSSR count). The molecule has 1 aliphatic heterocycles. The molecule has 3 aromatic heterocycles. The first-order valence-corrected chi connectivity index (χ1v) is 7.76. The summed E-state index contributed by atoms with van der Waals surface area (Å²) in [5, 5.41) is 16.4. The molecule has 122 valence electrons. The summed E-state index contributed by atoms with van der Waals surface area (Å²) >= 11 is 0. The first-order chi connectivity index (χ1) is 11.6. The van der Waals surface area contributed by atoms with Crippen molar-refractivity contribution in [2.45, 2.75) is 25.8 Å². The molecular weight excluding hydrogens is 308 g/mol. The minimum absolute atomic E-state index is 0.0129. The Morgan fingerprint density at radius 2 is 2.25 bits per heavy atom. The summed E-state index contributed by atoms with van der Waals surface area (Å²) in [6.45, 7) is 5.19. The van der Waals surface area contributed by atoms with E-state index in [0.717, 1.165) is 5.56 Å². The Kier molecular flexibility index (Phi) is 3.25. The first-order valence-electron chi connectivity index (χ1n) is 7.76. The highest BCUT2D eigenvalue weighted by molar-refractivity contribution is 5.67. The van der Waals surface area contributed by atoms with Crippen LogP contribution in [0.25, 0.3) is 16.9 Å².